The predicted molar refractivity (Wildman–Crippen MR) is 163 cm³/mol. The molecule has 41 heavy (non-hydrogen) atoms. The average molecular weight is 615 g/mol. The molecule has 10 heteroatoms. The second-order valence-corrected chi connectivity index (χ2v) is 13.4. The standard InChI is InChI=1S/C31H33Cl2N3O4S/c1-3-8-27-31(37)36(25(4-2)20-35(28-11-5-6-18-34-28)41(38,39)26-16-17-26)29(21-12-14-23(32)15-13-21)30(40-27)22-9-7-10-24(33)19-22/h3,5-7,9-15,18-19,25-27,29-30H,1,4,8,16-17,20H2,2H3/t25-,27-,29-,30-/m1/s1. The average Bonchev–Trinajstić information content (AvgIpc) is 3.83. The molecule has 2 aromatic carbocycles. The molecule has 0 radical (unpaired) electrons. The molecular formula is C31H33Cl2N3O4S. The quantitative estimate of drug-likeness (QED) is 0.223. The fourth-order valence-electron chi connectivity index (χ4n) is 5.39. The van der Waals surface area contributed by atoms with Gasteiger partial charge in [-0.25, -0.2) is 13.4 Å². The topological polar surface area (TPSA) is 79.8 Å². The number of anilines is 1. The summed E-state index contributed by atoms with van der Waals surface area (Å²) >= 11 is 12.6. The molecule has 4 atom stereocenters. The molecule has 1 aliphatic heterocycles. The van der Waals surface area contributed by atoms with Crippen LogP contribution in [0.5, 0.6) is 0 Å². The first kappa shape index (κ1) is 29.6. The number of pyridine rings is 1. The Balaban J connectivity index is 1.63. The summed E-state index contributed by atoms with van der Waals surface area (Å²) in [7, 11) is -3.67. The van der Waals surface area contributed by atoms with E-state index in [1.54, 1.807) is 48.7 Å². The molecule has 0 N–H and O–H groups in total. The largest absolute Gasteiger partial charge is 0.358 e. The van der Waals surface area contributed by atoms with Crippen molar-refractivity contribution in [3.8, 4) is 0 Å². The lowest BCUT2D eigenvalue weighted by atomic mass is 9.89. The molecule has 1 aromatic heterocycles. The van der Waals surface area contributed by atoms with Crippen LogP contribution >= 0.6 is 23.2 Å². The summed E-state index contributed by atoms with van der Waals surface area (Å²) < 4.78 is 35.3. The highest BCUT2D eigenvalue weighted by Gasteiger charge is 2.48. The number of aromatic nitrogens is 1. The maximum Gasteiger partial charge on any atom is 0.252 e. The summed E-state index contributed by atoms with van der Waals surface area (Å²) in [5.74, 6) is 0.121. The van der Waals surface area contributed by atoms with Crippen LogP contribution in [0.3, 0.4) is 0 Å². The van der Waals surface area contributed by atoms with Crippen LogP contribution in [0.1, 0.15) is 55.9 Å². The van der Waals surface area contributed by atoms with Crippen molar-refractivity contribution < 1.29 is 17.9 Å². The maximum absolute atomic E-state index is 14.2. The minimum absolute atomic E-state index is 0.0608. The molecule has 0 spiro atoms. The van der Waals surface area contributed by atoms with Crippen LogP contribution in [0.25, 0.3) is 0 Å². The van der Waals surface area contributed by atoms with Gasteiger partial charge in [0.25, 0.3) is 5.91 Å². The zero-order chi connectivity index (χ0) is 29.1. The van der Waals surface area contributed by atoms with Crippen molar-refractivity contribution in [3.63, 3.8) is 0 Å². The number of morpholine rings is 1. The van der Waals surface area contributed by atoms with Crippen LogP contribution < -0.4 is 4.31 Å². The molecule has 1 saturated carbocycles. The fraction of sp³-hybridized carbons (Fsp3) is 0.355. The van der Waals surface area contributed by atoms with Gasteiger partial charge in [0.05, 0.1) is 23.9 Å². The maximum atomic E-state index is 14.2. The number of rotatable bonds is 11. The number of carbonyl (C=O) groups excluding carboxylic acids is 1. The second kappa shape index (κ2) is 12.5. The Labute approximate surface area is 251 Å². The lowest BCUT2D eigenvalue weighted by molar-refractivity contribution is -0.178. The molecule has 7 nitrogen and oxygen atoms in total. The van der Waals surface area contributed by atoms with Crippen LogP contribution in [0, 0.1) is 0 Å². The van der Waals surface area contributed by atoms with Gasteiger partial charge in [-0.15, -0.1) is 6.58 Å². The third kappa shape index (κ3) is 6.31. The van der Waals surface area contributed by atoms with Gasteiger partial charge in [-0.1, -0.05) is 66.5 Å². The van der Waals surface area contributed by atoms with E-state index in [2.05, 4.69) is 11.6 Å². The highest BCUT2D eigenvalue weighted by atomic mass is 35.5. The van der Waals surface area contributed by atoms with Crippen LogP contribution in [0.4, 0.5) is 5.82 Å². The Hall–Kier alpha value is -2.91. The monoisotopic (exact) mass is 613 g/mol. The normalized spacial score (nSPS) is 21.9. The molecule has 1 aliphatic carbocycles. The molecule has 1 saturated heterocycles. The van der Waals surface area contributed by atoms with Crippen molar-refractivity contribution in [3.05, 3.63) is 107 Å². The zero-order valence-electron chi connectivity index (χ0n) is 22.8. The van der Waals surface area contributed by atoms with Gasteiger partial charge in [0.2, 0.25) is 10.0 Å². The molecule has 5 rings (SSSR count). The van der Waals surface area contributed by atoms with Crippen molar-refractivity contribution in [2.75, 3.05) is 10.8 Å². The minimum Gasteiger partial charge on any atom is -0.358 e. The summed E-state index contributed by atoms with van der Waals surface area (Å²) in [5.41, 5.74) is 1.63. The predicted octanol–water partition coefficient (Wildman–Crippen LogP) is 6.75. The number of halogens is 2. The van der Waals surface area contributed by atoms with Crippen molar-refractivity contribution in [1.29, 1.82) is 0 Å². The van der Waals surface area contributed by atoms with Crippen LogP contribution in [-0.4, -0.2) is 48.1 Å². The summed E-state index contributed by atoms with van der Waals surface area (Å²) in [6, 6.07) is 18.9. The first-order valence-electron chi connectivity index (χ1n) is 13.8. The fourth-order valence-corrected chi connectivity index (χ4v) is 7.56. The first-order chi connectivity index (χ1) is 19.7. The van der Waals surface area contributed by atoms with E-state index < -0.39 is 39.6 Å². The van der Waals surface area contributed by atoms with Crippen LogP contribution in [0.15, 0.2) is 85.6 Å². The summed E-state index contributed by atoms with van der Waals surface area (Å²) in [4.78, 5) is 20.4. The number of benzene rings is 2. The molecule has 0 bridgehead atoms. The number of carbonyl (C=O) groups is 1. The minimum atomic E-state index is -3.67. The molecule has 0 unspecified atom stereocenters. The molecule has 1 amide bonds. The SMILES string of the molecule is C=CC[C@H]1O[C@H](c2cccc(Cl)c2)[C@@H](c2ccc(Cl)cc2)N([C@H](CC)CN(c2ccccn2)S(=O)(=O)C2CC2)C1=O. The number of hydrogen-bond acceptors (Lipinski definition) is 5. The Morgan fingerprint density at radius 3 is 2.44 bits per heavy atom. The second-order valence-electron chi connectivity index (χ2n) is 10.4. The van der Waals surface area contributed by atoms with Gasteiger partial charge in [0, 0.05) is 22.7 Å². The van der Waals surface area contributed by atoms with E-state index >= 15 is 0 Å². The van der Waals surface area contributed by atoms with Gasteiger partial charge < -0.3 is 9.64 Å². The van der Waals surface area contributed by atoms with Gasteiger partial charge in [-0.2, -0.15) is 0 Å². The number of amides is 1. The highest BCUT2D eigenvalue weighted by molar-refractivity contribution is 7.93. The smallest absolute Gasteiger partial charge is 0.252 e. The van der Waals surface area contributed by atoms with Gasteiger partial charge in [0.15, 0.2) is 0 Å². The Morgan fingerprint density at radius 2 is 1.83 bits per heavy atom. The zero-order valence-corrected chi connectivity index (χ0v) is 25.1. The lowest BCUT2D eigenvalue weighted by Gasteiger charge is -2.48. The number of sulfonamides is 1. The van der Waals surface area contributed by atoms with E-state index in [0.29, 0.717) is 41.5 Å². The lowest BCUT2D eigenvalue weighted by Crippen LogP contribution is -2.57. The van der Waals surface area contributed by atoms with Crippen molar-refractivity contribution >= 4 is 45.0 Å². The molecule has 2 heterocycles. The van der Waals surface area contributed by atoms with E-state index in [1.807, 2.05) is 42.2 Å². The summed E-state index contributed by atoms with van der Waals surface area (Å²) in [6.45, 7) is 5.87. The van der Waals surface area contributed by atoms with Crippen LogP contribution in [0.2, 0.25) is 10.0 Å². The van der Waals surface area contributed by atoms with Crippen molar-refractivity contribution in [1.82, 2.24) is 9.88 Å². The molecular weight excluding hydrogens is 581 g/mol. The van der Waals surface area contributed by atoms with Gasteiger partial charge in [0.1, 0.15) is 18.0 Å². The van der Waals surface area contributed by atoms with E-state index in [-0.39, 0.29) is 12.5 Å². The van der Waals surface area contributed by atoms with Crippen LogP contribution in [-0.2, 0) is 19.6 Å². The van der Waals surface area contributed by atoms with E-state index in [0.717, 1.165) is 11.1 Å². The number of nitrogens with zero attached hydrogens (tertiary/aromatic N) is 3. The molecule has 3 aromatic rings. The summed E-state index contributed by atoms with van der Waals surface area (Å²) in [6.07, 6.45) is 3.92. The van der Waals surface area contributed by atoms with Crippen molar-refractivity contribution in [2.45, 2.75) is 62.1 Å². The Kier molecular flexibility index (Phi) is 9.04. The van der Waals surface area contributed by atoms with E-state index in [9.17, 15) is 13.2 Å². The van der Waals surface area contributed by atoms with Crippen molar-refractivity contribution in [2.24, 2.45) is 0 Å². The third-order valence-corrected chi connectivity index (χ3v) is 10.3. The third-order valence-electron chi connectivity index (χ3n) is 7.60. The number of ether oxygens (including phenoxy) is 1. The van der Waals surface area contributed by atoms with E-state index in [4.69, 9.17) is 27.9 Å². The highest BCUT2D eigenvalue weighted by Crippen LogP contribution is 2.45. The number of hydrogen-bond donors (Lipinski definition) is 0. The van der Waals surface area contributed by atoms with Gasteiger partial charge in [-0.3, -0.25) is 9.10 Å². The first-order valence-corrected chi connectivity index (χ1v) is 16.0. The Bertz CT molecular complexity index is 1480. The summed E-state index contributed by atoms with van der Waals surface area (Å²) in [5, 5.41) is 0.673. The Morgan fingerprint density at radius 1 is 1.07 bits per heavy atom. The molecule has 216 valence electrons. The molecule has 2 aliphatic rings. The van der Waals surface area contributed by atoms with Gasteiger partial charge >= 0.3 is 0 Å². The van der Waals surface area contributed by atoms with Gasteiger partial charge in [-0.05, 0) is 66.8 Å². The molecule has 2 fully saturated rings. The van der Waals surface area contributed by atoms with E-state index in [1.165, 1.54) is 4.31 Å².